The molecule has 2 rings (SSSR count). The second-order valence-electron chi connectivity index (χ2n) is 3.24. The first-order chi connectivity index (χ1) is 5.74. The third-order valence-corrected chi connectivity index (χ3v) is 2.27. The van der Waals surface area contributed by atoms with E-state index in [1.165, 1.54) is 0 Å². The minimum atomic E-state index is -0.133. The molecule has 14 heavy (non-hydrogen) atoms. The molecule has 1 aliphatic carbocycles. The van der Waals surface area contributed by atoms with Gasteiger partial charge in [0.1, 0.15) is 5.75 Å². The Balaban J connectivity index is 0.000000845. The van der Waals surface area contributed by atoms with Gasteiger partial charge in [0, 0.05) is 0 Å². The molecule has 1 heterocycles. The molecule has 1 aromatic rings. The fraction of sp³-hybridized carbons (Fsp3) is 0.444. The molecule has 0 aromatic carbocycles. The Morgan fingerprint density at radius 1 is 1.36 bits per heavy atom. The van der Waals surface area contributed by atoms with E-state index >= 15 is 0 Å². The monoisotopic (exact) mass is 236 g/mol. The minimum absolute atomic E-state index is 0. The summed E-state index contributed by atoms with van der Waals surface area (Å²) < 4.78 is 5.00. The highest BCUT2D eigenvalue weighted by Gasteiger charge is 2.41. The number of hydrogen-bond donors (Lipinski definition) is 1. The van der Waals surface area contributed by atoms with Gasteiger partial charge in [0.15, 0.2) is 0 Å². The zero-order valence-corrected chi connectivity index (χ0v) is 9.53. The predicted molar refractivity (Wildman–Crippen MR) is 60.4 cm³/mol. The molecule has 0 amide bonds. The van der Waals surface area contributed by atoms with Gasteiger partial charge in [-0.1, -0.05) is 0 Å². The van der Waals surface area contributed by atoms with Crippen LogP contribution in [0.5, 0.6) is 5.75 Å². The zero-order chi connectivity index (χ0) is 8.60. The van der Waals surface area contributed by atoms with Crippen LogP contribution in [0.4, 0.5) is 0 Å². The van der Waals surface area contributed by atoms with E-state index in [1.807, 2.05) is 12.1 Å². The van der Waals surface area contributed by atoms with Gasteiger partial charge in [-0.25, -0.2) is 0 Å². The number of ether oxygens (including phenoxy) is 1. The maximum atomic E-state index is 5.96. The largest absolute Gasteiger partial charge is 0.495 e. The lowest BCUT2D eigenvalue weighted by Gasteiger charge is -2.07. The molecule has 80 valence electrons. The van der Waals surface area contributed by atoms with Gasteiger partial charge < -0.3 is 10.5 Å². The molecule has 0 radical (unpaired) electrons. The number of nitrogens with two attached hydrogens (primary N) is 1. The lowest BCUT2D eigenvalue weighted by Crippen LogP contribution is -2.19. The summed E-state index contributed by atoms with van der Waals surface area (Å²) in [5.41, 5.74) is 6.80. The van der Waals surface area contributed by atoms with E-state index in [-0.39, 0.29) is 30.4 Å². The molecule has 1 aliphatic rings. The molecule has 3 nitrogen and oxygen atoms in total. The first-order valence-electron chi connectivity index (χ1n) is 4.04. The highest BCUT2D eigenvalue weighted by Crippen LogP contribution is 2.41. The van der Waals surface area contributed by atoms with E-state index in [4.69, 9.17) is 10.5 Å². The summed E-state index contributed by atoms with van der Waals surface area (Å²) in [4.78, 5) is 4.23. The van der Waals surface area contributed by atoms with Crippen LogP contribution >= 0.6 is 24.8 Å². The van der Waals surface area contributed by atoms with Crippen molar-refractivity contribution in [2.75, 3.05) is 7.11 Å². The Morgan fingerprint density at radius 3 is 2.36 bits per heavy atom. The number of pyridine rings is 1. The van der Waals surface area contributed by atoms with E-state index in [0.717, 1.165) is 24.3 Å². The third kappa shape index (κ3) is 2.50. The van der Waals surface area contributed by atoms with Gasteiger partial charge in [0.05, 0.1) is 24.5 Å². The molecule has 0 bridgehead atoms. The van der Waals surface area contributed by atoms with Crippen LogP contribution in [-0.4, -0.2) is 12.1 Å². The first-order valence-corrected chi connectivity index (χ1v) is 4.04. The van der Waals surface area contributed by atoms with Crippen molar-refractivity contribution in [1.82, 2.24) is 4.98 Å². The van der Waals surface area contributed by atoms with Crippen molar-refractivity contribution in [2.24, 2.45) is 5.73 Å². The molecule has 5 heteroatoms. The van der Waals surface area contributed by atoms with Crippen LogP contribution < -0.4 is 10.5 Å². The number of hydrogen-bond acceptors (Lipinski definition) is 3. The predicted octanol–water partition coefficient (Wildman–Crippen LogP) is 1.88. The third-order valence-electron chi connectivity index (χ3n) is 2.27. The van der Waals surface area contributed by atoms with Gasteiger partial charge in [-0.3, -0.25) is 4.98 Å². The van der Waals surface area contributed by atoms with Crippen LogP contribution in [0.25, 0.3) is 0 Å². The molecule has 0 saturated heterocycles. The van der Waals surface area contributed by atoms with E-state index in [0.29, 0.717) is 0 Å². The molecule has 2 N–H and O–H groups in total. The topological polar surface area (TPSA) is 48.1 Å². The van der Waals surface area contributed by atoms with E-state index in [1.54, 1.807) is 13.3 Å². The molecule has 1 aromatic heterocycles. The maximum Gasteiger partial charge on any atom is 0.137 e. The molecular formula is C9H14Cl2N2O. The number of rotatable bonds is 2. The van der Waals surface area contributed by atoms with Crippen molar-refractivity contribution in [1.29, 1.82) is 0 Å². The zero-order valence-electron chi connectivity index (χ0n) is 7.90. The van der Waals surface area contributed by atoms with Crippen LogP contribution in [0.1, 0.15) is 18.5 Å². The molecule has 1 saturated carbocycles. The minimum Gasteiger partial charge on any atom is -0.495 e. The van der Waals surface area contributed by atoms with Crippen molar-refractivity contribution in [3.63, 3.8) is 0 Å². The van der Waals surface area contributed by atoms with Gasteiger partial charge in [-0.05, 0) is 25.0 Å². The van der Waals surface area contributed by atoms with Crippen LogP contribution in [-0.2, 0) is 5.54 Å². The van der Waals surface area contributed by atoms with Crippen LogP contribution in [0, 0.1) is 0 Å². The summed E-state index contributed by atoms with van der Waals surface area (Å²) in [6.07, 6.45) is 3.81. The highest BCUT2D eigenvalue weighted by atomic mass is 35.5. The van der Waals surface area contributed by atoms with Gasteiger partial charge in [0.2, 0.25) is 0 Å². The Morgan fingerprint density at radius 2 is 2.00 bits per heavy atom. The normalized spacial score (nSPS) is 16.1. The van der Waals surface area contributed by atoms with Crippen molar-refractivity contribution in [2.45, 2.75) is 18.4 Å². The molecular weight excluding hydrogens is 223 g/mol. The standard InChI is InChI=1S/C9H12N2O.2ClH/c1-12-7-2-3-8(11-6-7)9(10)4-5-9;;/h2-3,6H,4-5,10H2,1H3;2*1H. The average Bonchev–Trinajstić information content (AvgIpc) is 2.85. The lowest BCUT2D eigenvalue weighted by atomic mass is 10.2. The number of nitrogens with zero attached hydrogens (tertiary/aromatic N) is 1. The second-order valence-corrected chi connectivity index (χ2v) is 3.24. The van der Waals surface area contributed by atoms with Crippen LogP contribution in [0.15, 0.2) is 18.3 Å². The van der Waals surface area contributed by atoms with Gasteiger partial charge in [-0.15, -0.1) is 24.8 Å². The summed E-state index contributed by atoms with van der Waals surface area (Å²) in [6.45, 7) is 0. The Bertz CT molecular complexity index is 285. The van der Waals surface area contributed by atoms with Crippen LogP contribution in [0.2, 0.25) is 0 Å². The Kier molecular flexibility index (Phi) is 4.65. The molecule has 0 atom stereocenters. The van der Waals surface area contributed by atoms with E-state index in [9.17, 15) is 0 Å². The molecule has 0 spiro atoms. The first kappa shape index (κ1) is 13.5. The summed E-state index contributed by atoms with van der Waals surface area (Å²) in [5, 5.41) is 0. The summed E-state index contributed by atoms with van der Waals surface area (Å²) in [5.74, 6) is 0.781. The smallest absolute Gasteiger partial charge is 0.137 e. The highest BCUT2D eigenvalue weighted by molar-refractivity contribution is 5.85. The molecule has 0 unspecified atom stereocenters. The van der Waals surface area contributed by atoms with Crippen molar-refractivity contribution < 1.29 is 4.74 Å². The van der Waals surface area contributed by atoms with Gasteiger partial charge >= 0.3 is 0 Å². The number of halogens is 2. The van der Waals surface area contributed by atoms with Gasteiger partial charge in [0.25, 0.3) is 0 Å². The Hall–Kier alpha value is -0.510. The Labute approximate surface area is 95.9 Å². The van der Waals surface area contributed by atoms with Gasteiger partial charge in [-0.2, -0.15) is 0 Å². The second kappa shape index (κ2) is 4.82. The summed E-state index contributed by atoms with van der Waals surface area (Å²) >= 11 is 0. The van der Waals surface area contributed by atoms with E-state index in [2.05, 4.69) is 4.98 Å². The van der Waals surface area contributed by atoms with Crippen molar-refractivity contribution in [3.8, 4) is 5.75 Å². The fourth-order valence-electron chi connectivity index (χ4n) is 1.19. The summed E-state index contributed by atoms with van der Waals surface area (Å²) in [6, 6.07) is 3.83. The SMILES string of the molecule is COc1ccc(C2(N)CC2)nc1.Cl.Cl. The lowest BCUT2D eigenvalue weighted by molar-refractivity contribution is 0.412. The van der Waals surface area contributed by atoms with E-state index < -0.39 is 0 Å². The number of methoxy groups -OCH3 is 1. The maximum absolute atomic E-state index is 5.96. The van der Waals surface area contributed by atoms with Crippen LogP contribution in [0.3, 0.4) is 0 Å². The number of aromatic nitrogens is 1. The average molecular weight is 237 g/mol. The summed E-state index contributed by atoms with van der Waals surface area (Å²) in [7, 11) is 1.63. The quantitative estimate of drug-likeness (QED) is 0.854. The molecule has 0 aliphatic heterocycles. The van der Waals surface area contributed by atoms with Crippen molar-refractivity contribution in [3.05, 3.63) is 24.0 Å². The van der Waals surface area contributed by atoms with Crippen molar-refractivity contribution >= 4 is 24.8 Å². The fourth-order valence-corrected chi connectivity index (χ4v) is 1.19. The molecule has 1 fully saturated rings.